The van der Waals surface area contributed by atoms with Crippen LogP contribution in [0.25, 0.3) is 0 Å². The number of benzene rings is 2. The normalized spacial score (nSPS) is 13.5. The Morgan fingerprint density at radius 1 is 1.07 bits per heavy atom. The van der Waals surface area contributed by atoms with E-state index in [-0.39, 0.29) is 0 Å². The molecule has 7 heteroatoms. The van der Waals surface area contributed by atoms with E-state index in [4.69, 9.17) is 4.74 Å². The second kappa shape index (κ2) is 10.4. The first kappa shape index (κ1) is 20.5. The Morgan fingerprint density at radius 3 is 2.48 bits per heavy atom. The highest BCUT2D eigenvalue weighted by Gasteiger charge is 2.22. The molecule has 1 aliphatic rings. The molecule has 3 N–H and O–H groups in total. The Labute approximate surface area is 171 Å². The molecule has 2 aromatic carbocycles. The lowest BCUT2D eigenvalue weighted by molar-refractivity contribution is 0.187. The van der Waals surface area contributed by atoms with Gasteiger partial charge >= 0.3 is 6.09 Å². The molecule has 1 fully saturated rings. The maximum Gasteiger partial charge on any atom is 0.411 e. The third-order valence-corrected chi connectivity index (χ3v) is 4.66. The number of rotatable bonds is 8. The first-order chi connectivity index (χ1) is 14.2. The maximum atomic E-state index is 11.2. The van der Waals surface area contributed by atoms with Crippen LogP contribution in [0.4, 0.5) is 10.5 Å². The number of nitrogens with one attached hydrogen (secondary N) is 3. The predicted molar refractivity (Wildman–Crippen MR) is 114 cm³/mol. The van der Waals surface area contributed by atoms with Crippen molar-refractivity contribution < 1.29 is 14.3 Å². The summed E-state index contributed by atoms with van der Waals surface area (Å²) in [7, 11) is 3.08. The second-order valence-electron chi connectivity index (χ2n) is 6.95. The van der Waals surface area contributed by atoms with E-state index in [1.807, 2.05) is 42.5 Å². The van der Waals surface area contributed by atoms with Crippen LogP contribution in [0.1, 0.15) is 24.0 Å². The fraction of sp³-hybridized carbons (Fsp3) is 0.364. The number of para-hydroxylation sites is 1. The van der Waals surface area contributed by atoms with Crippen LogP contribution in [0.5, 0.6) is 5.75 Å². The smallest absolute Gasteiger partial charge is 0.411 e. The topological polar surface area (TPSA) is 84.0 Å². The number of ether oxygens (including phenoxy) is 2. The molecule has 0 spiro atoms. The molecule has 0 aliphatic heterocycles. The van der Waals surface area contributed by atoms with Crippen LogP contribution in [0, 0.1) is 5.92 Å². The fourth-order valence-corrected chi connectivity index (χ4v) is 2.74. The van der Waals surface area contributed by atoms with Gasteiger partial charge in [-0.3, -0.25) is 10.3 Å². The van der Waals surface area contributed by atoms with Crippen LogP contribution in [0.3, 0.4) is 0 Å². The molecule has 3 rings (SSSR count). The number of hydrogen-bond donors (Lipinski definition) is 3. The molecule has 0 unspecified atom stereocenters. The minimum atomic E-state index is -0.484. The molecule has 0 aromatic heterocycles. The van der Waals surface area contributed by atoms with Crippen LogP contribution in [0.2, 0.25) is 0 Å². The lowest BCUT2D eigenvalue weighted by Gasteiger charge is -2.15. The van der Waals surface area contributed by atoms with Crippen molar-refractivity contribution in [3.05, 3.63) is 59.7 Å². The highest BCUT2D eigenvalue weighted by atomic mass is 16.5. The molecular weight excluding hydrogens is 368 g/mol. The van der Waals surface area contributed by atoms with Crippen LogP contribution < -0.4 is 20.7 Å². The Hall–Kier alpha value is -3.22. The quantitative estimate of drug-likeness (QED) is 0.470. The Bertz CT molecular complexity index is 832. The maximum absolute atomic E-state index is 11.2. The number of methoxy groups -OCH3 is 1. The zero-order valence-electron chi connectivity index (χ0n) is 16.9. The van der Waals surface area contributed by atoms with E-state index >= 15 is 0 Å². The van der Waals surface area contributed by atoms with Crippen molar-refractivity contribution in [2.45, 2.75) is 25.9 Å². The number of hydrogen-bond acceptors (Lipinski definition) is 4. The lowest BCUT2D eigenvalue weighted by Crippen LogP contribution is -2.36. The van der Waals surface area contributed by atoms with E-state index in [1.54, 1.807) is 7.05 Å². The number of anilines is 1. The molecule has 154 valence electrons. The van der Waals surface area contributed by atoms with Crippen molar-refractivity contribution >= 4 is 17.7 Å². The van der Waals surface area contributed by atoms with Gasteiger partial charge in [0.25, 0.3) is 0 Å². The number of aliphatic imine (C=N–C) groups is 1. The summed E-state index contributed by atoms with van der Waals surface area (Å²) in [6.45, 7) is 2.03. The molecule has 1 amide bonds. The number of guanidine groups is 1. The third-order valence-electron chi connectivity index (χ3n) is 4.66. The van der Waals surface area contributed by atoms with Crippen molar-refractivity contribution in [1.29, 1.82) is 0 Å². The van der Waals surface area contributed by atoms with Gasteiger partial charge in [0.2, 0.25) is 0 Å². The number of nitrogens with zero attached hydrogens (tertiary/aromatic N) is 1. The number of amides is 1. The summed E-state index contributed by atoms with van der Waals surface area (Å²) in [5.74, 6) is 2.36. The van der Waals surface area contributed by atoms with E-state index in [0.29, 0.717) is 24.7 Å². The van der Waals surface area contributed by atoms with Gasteiger partial charge in [-0.25, -0.2) is 4.79 Å². The molecule has 29 heavy (non-hydrogen) atoms. The molecule has 1 saturated carbocycles. The first-order valence-corrected chi connectivity index (χ1v) is 9.77. The van der Waals surface area contributed by atoms with Gasteiger partial charge in [-0.15, -0.1) is 0 Å². The molecular formula is C22H28N4O3. The Morgan fingerprint density at radius 2 is 1.79 bits per heavy atom. The van der Waals surface area contributed by atoms with E-state index in [0.717, 1.165) is 29.4 Å². The summed E-state index contributed by atoms with van der Waals surface area (Å²) in [5, 5.41) is 9.25. The zero-order chi connectivity index (χ0) is 20.5. The van der Waals surface area contributed by atoms with Crippen LogP contribution in [-0.4, -0.2) is 32.8 Å². The summed E-state index contributed by atoms with van der Waals surface area (Å²) in [6.07, 6.45) is 2.06. The van der Waals surface area contributed by atoms with Gasteiger partial charge in [0.05, 0.1) is 13.7 Å². The Kier molecular flexibility index (Phi) is 7.33. The summed E-state index contributed by atoms with van der Waals surface area (Å²) in [4.78, 5) is 15.5. The molecule has 7 nitrogen and oxygen atoms in total. The second-order valence-corrected chi connectivity index (χ2v) is 6.95. The molecule has 0 radical (unpaired) electrons. The highest BCUT2D eigenvalue weighted by molar-refractivity contribution is 5.84. The van der Waals surface area contributed by atoms with Gasteiger partial charge < -0.3 is 20.1 Å². The van der Waals surface area contributed by atoms with Crippen LogP contribution >= 0.6 is 0 Å². The molecule has 0 saturated heterocycles. The summed E-state index contributed by atoms with van der Waals surface area (Å²) < 4.78 is 10.5. The van der Waals surface area contributed by atoms with Gasteiger partial charge in [-0.1, -0.05) is 30.3 Å². The van der Waals surface area contributed by atoms with E-state index in [1.165, 1.54) is 20.0 Å². The van der Waals surface area contributed by atoms with Gasteiger partial charge in [0.1, 0.15) is 5.75 Å². The molecule has 0 atom stereocenters. The lowest BCUT2D eigenvalue weighted by atomic mass is 10.2. The van der Waals surface area contributed by atoms with Gasteiger partial charge in [0.15, 0.2) is 5.96 Å². The number of carbonyl (C=O) groups is 1. The van der Waals surface area contributed by atoms with Crippen molar-refractivity contribution in [3.8, 4) is 5.75 Å². The summed E-state index contributed by atoms with van der Waals surface area (Å²) in [6, 6.07) is 15.6. The van der Waals surface area contributed by atoms with Crippen molar-refractivity contribution in [2.24, 2.45) is 10.9 Å². The zero-order valence-corrected chi connectivity index (χ0v) is 16.9. The number of carbonyl (C=O) groups excluding carboxylic acids is 1. The standard InChI is InChI=1S/C22H28N4O3/c1-23-21(24-13-16-9-11-19(12-10-16)26-22(27)28-2)25-14-18-5-3-4-6-20(18)29-15-17-7-8-17/h3-6,9-12,17H,7-8,13-15H2,1-2H3,(H,26,27)(H2,23,24,25). The monoisotopic (exact) mass is 396 g/mol. The van der Waals surface area contributed by atoms with Crippen molar-refractivity contribution in [2.75, 3.05) is 26.1 Å². The average molecular weight is 396 g/mol. The predicted octanol–water partition coefficient (Wildman–Crippen LogP) is 3.52. The average Bonchev–Trinajstić information content (AvgIpc) is 3.58. The van der Waals surface area contributed by atoms with E-state index in [9.17, 15) is 4.79 Å². The minimum absolute atomic E-state index is 0.484. The Balaban J connectivity index is 1.48. The highest BCUT2D eigenvalue weighted by Crippen LogP contribution is 2.30. The van der Waals surface area contributed by atoms with Crippen LogP contribution in [0.15, 0.2) is 53.5 Å². The molecule has 0 heterocycles. The SMILES string of the molecule is CN=C(NCc1ccc(NC(=O)OC)cc1)NCc1ccccc1OCC1CC1. The molecule has 2 aromatic rings. The van der Waals surface area contributed by atoms with Crippen molar-refractivity contribution in [1.82, 2.24) is 10.6 Å². The fourth-order valence-electron chi connectivity index (χ4n) is 2.74. The minimum Gasteiger partial charge on any atom is -0.493 e. The van der Waals surface area contributed by atoms with Gasteiger partial charge in [0, 0.05) is 31.4 Å². The summed E-state index contributed by atoms with van der Waals surface area (Å²) in [5.41, 5.74) is 2.86. The van der Waals surface area contributed by atoms with Crippen LogP contribution in [-0.2, 0) is 17.8 Å². The molecule has 1 aliphatic carbocycles. The third kappa shape index (κ3) is 6.71. The van der Waals surface area contributed by atoms with E-state index in [2.05, 4.69) is 31.7 Å². The van der Waals surface area contributed by atoms with E-state index < -0.39 is 6.09 Å². The molecule has 0 bridgehead atoms. The van der Waals surface area contributed by atoms with Gasteiger partial charge in [-0.05, 0) is 42.5 Å². The summed E-state index contributed by atoms with van der Waals surface area (Å²) >= 11 is 0. The van der Waals surface area contributed by atoms with Gasteiger partial charge in [-0.2, -0.15) is 0 Å². The largest absolute Gasteiger partial charge is 0.493 e. The first-order valence-electron chi connectivity index (χ1n) is 9.77. The van der Waals surface area contributed by atoms with Crippen molar-refractivity contribution in [3.63, 3.8) is 0 Å².